The second-order valence-electron chi connectivity index (χ2n) is 5.85. The Balaban J connectivity index is 1.85. The second kappa shape index (κ2) is 6.40. The van der Waals surface area contributed by atoms with Crippen LogP contribution in [0.4, 0.5) is 0 Å². The van der Waals surface area contributed by atoms with E-state index in [0.717, 1.165) is 25.3 Å². The maximum atomic E-state index is 9.05. The second-order valence-corrected chi connectivity index (χ2v) is 5.85. The zero-order chi connectivity index (χ0) is 13.7. The van der Waals surface area contributed by atoms with E-state index in [1.54, 1.807) is 0 Å². The smallest absolute Gasteiger partial charge is 0.124 e. The minimum atomic E-state index is 0.199. The lowest BCUT2D eigenvalue weighted by atomic mass is 10.0. The first-order chi connectivity index (χ1) is 9.15. The quantitative estimate of drug-likeness (QED) is 0.758. The highest BCUT2D eigenvalue weighted by Crippen LogP contribution is 2.47. The van der Waals surface area contributed by atoms with Crippen LogP contribution in [-0.4, -0.2) is 24.4 Å². The summed E-state index contributed by atoms with van der Waals surface area (Å²) >= 11 is 0. The monoisotopic (exact) mass is 263 g/mol. The molecule has 106 valence electrons. The fourth-order valence-corrected chi connectivity index (χ4v) is 2.41. The number of ether oxygens (including phenoxy) is 1. The van der Waals surface area contributed by atoms with Gasteiger partial charge in [0.1, 0.15) is 5.75 Å². The largest absolute Gasteiger partial charge is 0.491 e. The number of hydrogen-bond donors (Lipinski definition) is 2. The highest BCUT2D eigenvalue weighted by molar-refractivity contribution is 5.33. The molecule has 0 heterocycles. The van der Waals surface area contributed by atoms with Gasteiger partial charge in [-0.05, 0) is 44.6 Å². The van der Waals surface area contributed by atoms with Crippen LogP contribution in [0.5, 0.6) is 5.75 Å². The molecule has 1 fully saturated rings. The van der Waals surface area contributed by atoms with E-state index in [1.165, 1.54) is 18.4 Å². The summed E-state index contributed by atoms with van der Waals surface area (Å²) in [5.41, 5.74) is 1.57. The molecule has 0 radical (unpaired) electrons. The highest BCUT2D eigenvalue weighted by atomic mass is 16.5. The van der Waals surface area contributed by atoms with Crippen molar-refractivity contribution >= 4 is 0 Å². The third kappa shape index (κ3) is 4.22. The summed E-state index contributed by atoms with van der Waals surface area (Å²) in [6.45, 7) is 6.21. The molecule has 1 aliphatic carbocycles. The SMILES string of the molecule is CC(C)Oc1ccccc1CNCC1(CCO)CC1. The Bertz CT molecular complexity index is 399. The van der Waals surface area contributed by atoms with Crippen LogP contribution < -0.4 is 10.1 Å². The fourth-order valence-electron chi connectivity index (χ4n) is 2.41. The Kier molecular flexibility index (Phi) is 4.83. The van der Waals surface area contributed by atoms with Crippen LogP contribution in [0.3, 0.4) is 0 Å². The number of aliphatic hydroxyl groups excluding tert-OH is 1. The summed E-state index contributed by atoms with van der Waals surface area (Å²) in [5, 5.41) is 12.6. The van der Waals surface area contributed by atoms with Gasteiger partial charge in [0.15, 0.2) is 0 Å². The molecular formula is C16H25NO2. The number of rotatable bonds is 8. The van der Waals surface area contributed by atoms with Crippen LogP contribution >= 0.6 is 0 Å². The summed E-state index contributed by atoms with van der Waals surface area (Å²) in [5.74, 6) is 0.969. The molecule has 0 spiro atoms. The van der Waals surface area contributed by atoms with Gasteiger partial charge in [-0.3, -0.25) is 0 Å². The van der Waals surface area contributed by atoms with Crippen LogP contribution in [0.2, 0.25) is 0 Å². The molecule has 0 aliphatic heterocycles. The van der Waals surface area contributed by atoms with Crippen LogP contribution in [0, 0.1) is 5.41 Å². The van der Waals surface area contributed by atoms with Crippen molar-refractivity contribution < 1.29 is 9.84 Å². The molecule has 19 heavy (non-hydrogen) atoms. The van der Waals surface area contributed by atoms with Crippen LogP contribution in [0.25, 0.3) is 0 Å². The van der Waals surface area contributed by atoms with Crippen LogP contribution in [0.15, 0.2) is 24.3 Å². The van der Waals surface area contributed by atoms with Gasteiger partial charge in [-0.2, -0.15) is 0 Å². The molecule has 1 aromatic carbocycles. The van der Waals surface area contributed by atoms with Crippen LogP contribution in [-0.2, 0) is 6.54 Å². The molecule has 2 rings (SSSR count). The summed E-state index contributed by atoms with van der Waals surface area (Å²) in [4.78, 5) is 0. The lowest BCUT2D eigenvalue weighted by Crippen LogP contribution is -2.24. The lowest BCUT2D eigenvalue weighted by Gasteiger charge is -2.17. The van der Waals surface area contributed by atoms with Crippen molar-refractivity contribution in [3.05, 3.63) is 29.8 Å². The molecule has 0 aromatic heterocycles. The summed E-state index contributed by atoms with van der Waals surface area (Å²) in [7, 11) is 0. The Morgan fingerprint density at radius 3 is 2.68 bits per heavy atom. The first-order valence-corrected chi connectivity index (χ1v) is 7.21. The first-order valence-electron chi connectivity index (χ1n) is 7.21. The first kappa shape index (κ1) is 14.4. The van der Waals surface area contributed by atoms with Crippen molar-refractivity contribution in [3.8, 4) is 5.75 Å². The Morgan fingerprint density at radius 1 is 1.32 bits per heavy atom. The zero-order valence-corrected chi connectivity index (χ0v) is 12.0. The summed E-state index contributed by atoms with van der Waals surface area (Å²) in [6.07, 6.45) is 3.60. The van der Waals surface area contributed by atoms with Crippen molar-refractivity contribution in [1.29, 1.82) is 0 Å². The molecule has 1 aromatic rings. The number of aliphatic hydroxyl groups is 1. The maximum absolute atomic E-state index is 9.05. The van der Waals surface area contributed by atoms with Crippen molar-refractivity contribution in [2.24, 2.45) is 5.41 Å². The maximum Gasteiger partial charge on any atom is 0.124 e. The summed E-state index contributed by atoms with van der Waals surface area (Å²) in [6, 6.07) is 8.19. The van der Waals surface area contributed by atoms with E-state index in [-0.39, 0.29) is 6.10 Å². The van der Waals surface area contributed by atoms with Gasteiger partial charge in [0.25, 0.3) is 0 Å². The van der Waals surface area contributed by atoms with Crippen molar-refractivity contribution in [1.82, 2.24) is 5.32 Å². The molecule has 1 saturated carbocycles. The molecule has 0 amide bonds. The van der Waals surface area contributed by atoms with E-state index in [0.29, 0.717) is 12.0 Å². The molecule has 2 N–H and O–H groups in total. The van der Waals surface area contributed by atoms with Gasteiger partial charge in [-0.15, -0.1) is 0 Å². The van der Waals surface area contributed by atoms with Gasteiger partial charge in [-0.25, -0.2) is 0 Å². The lowest BCUT2D eigenvalue weighted by molar-refractivity contribution is 0.237. The minimum absolute atomic E-state index is 0.199. The number of benzene rings is 1. The molecule has 0 bridgehead atoms. The van der Waals surface area contributed by atoms with Crippen molar-refractivity contribution in [2.45, 2.75) is 45.8 Å². The van der Waals surface area contributed by atoms with Gasteiger partial charge in [0, 0.05) is 25.3 Å². The third-order valence-electron chi connectivity index (χ3n) is 3.75. The van der Waals surface area contributed by atoms with E-state index in [9.17, 15) is 0 Å². The van der Waals surface area contributed by atoms with Crippen molar-refractivity contribution in [3.63, 3.8) is 0 Å². The molecule has 3 nitrogen and oxygen atoms in total. The Hall–Kier alpha value is -1.06. The molecule has 0 unspecified atom stereocenters. The molecular weight excluding hydrogens is 238 g/mol. The zero-order valence-electron chi connectivity index (χ0n) is 12.0. The number of hydrogen-bond acceptors (Lipinski definition) is 3. The van der Waals surface area contributed by atoms with E-state index < -0.39 is 0 Å². The Labute approximate surface area is 116 Å². The van der Waals surface area contributed by atoms with Gasteiger partial charge in [0.2, 0.25) is 0 Å². The molecule has 3 heteroatoms. The molecule has 0 saturated heterocycles. The summed E-state index contributed by atoms with van der Waals surface area (Å²) < 4.78 is 5.81. The van der Waals surface area contributed by atoms with Gasteiger partial charge in [-0.1, -0.05) is 18.2 Å². The van der Waals surface area contributed by atoms with E-state index in [4.69, 9.17) is 9.84 Å². The van der Waals surface area contributed by atoms with Crippen LogP contribution in [0.1, 0.15) is 38.7 Å². The number of nitrogens with one attached hydrogen (secondary N) is 1. The molecule has 0 atom stereocenters. The molecule has 1 aliphatic rings. The standard InChI is InChI=1S/C16H25NO2/c1-13(2)19-15-6-4-3-5-14(15)11-17-12-16(7-8-16)9-10-18/h3-6,13,17-18H,7-12H2,1-2H3. The van der Waals surface area contributed by atoms with Gasteiger partial charge >= 0.3 is 0 Å². The predicted molar refractivity (Wildman–Crippen MR) is 77.3 cm³/mol. The number of para-hydroxylation sites is 1. The average Bonchev–Trinajstić information content (AvgIpc) is 3.11. The fraction of sp³-hybridized carbons (Fsp3) is 0.625. The normalized spacial score (nSPS) is 16.6. The van der Waals surface area contributed by atoms with E-state index in [2.05, 4.69) is 11.4 Å². The average molecular weight is 263 g/mol. The van der Waals surface area contributed by atoms with E-state index in [1.807, 2.05) is 32.0 Å². The minimum Gasteiger partial charge on any atom is -0.491 e. The van der Waals surface area contributed by atoms with Gasteiger partial charge in [0.05, 0.1) is 6.10 Å². The van der Waals surface area contributed by atoms with E-state index >= 15 is 0 Å². The highest BCUT2D eigenvalue weighted by Gasteiger charge is 2.41. The predicted octanol–water partition coefficient (Wildman–Crippen LogP) is 2.73. The van der Waals surface area contributed by atoms with Gasteiger partial charge < -0.3 is 15.2 Å². The third-order valence-corrected chi connectivity index (χ3v) is 3.75. The topological polar surface area (TPSA) is 41.5 Å². The Morgan fingerprint density at radius 2 is 2.05 bits per heavy atom. The van der Waals surface area contributed by atoms with Crippen molar-refractivity contribution in [2.75, 3.05) is 13.2 Å².